The number of hydrogen-bond acceptors (Lipinski definition) is 2. The van der Waals surface area contributed by atoms with Crippen LogP contribution in [0, 0.1) is 5.92 Å². The average molecular weight is 233 g/mol. The molecule has 4 atom stereocenters. The Bertz CT molecular complexity index is 435. The molecule has 3 rings (SSSR count). The van der Waals surface area contributed by atoms with E-state index in [1.54, 1.807) is 0 Å². The molecule has 1 aliphatic heterocycles. The summed E-state index contributed by atoms with van der Waals surface area (Å²) in [7, 11) is 0. The van der Waals surface area contributed by atoms with Crippen molar-refractivity contribution < 1.29 is 0 Å². The predicted octanol–water partition coefficient (Wildman–Crippen LogP) is 2.40. The van der Waals surface area contributed by atoms with Gasteiger partial charge in [-0.05, 0) is 25.2 Å². The molecular formula is C14H23N3. The Hall–Kier alpha value is -0.830. The highest BCUT2D eigenvalue weighted by Gasteiger charge is 2.33. The first kappa shape index (κ1) is 11.3. The van der Waals surface area contributed by atoms with Crippen molar-refractivity contribution in [1.29, 1.82) is 0 Å². The zero-order valence-electron chi connectivity index (χ0n) is 11.1. The first-order valence-electron chi connectivity index (χ1n) is 6.92. The third-order valence-electron chi connectivity index (χ3n) is 4.77. The quantitative estimate of drug-likeness (QED) is 0.748. The Morgan fingerprint density at radius 1 is 1.29 bits per heavy atom. The van der Waals surface area contributed by atoms with Gasteiger partial charge in [-0.25, -0.2) is 4.98 Å². The Kier molecular flexibility index (Phi) is 2.54. The standard InChI is InChI=1S/C14H23N3/c1-8-4-5-12-13(10(8)3)16-14-9(2)6-11(15)7-17(12)14/h8-11H,4-7,15H2,1-3H3. The molecule has 0 radical (unpaired) electrons. The molecule has 2 aliphatic rings. The van der Waals surface area contributed by atoms with E-state index in [9.17, 15) is 0 Å². The summed E-state index contributed by atoms with van der Waals surface area (Å²) in [5.41, 5.74) is 8.99. The fourth-order valence-electron chi connectivity index (χ4n) is 3.48. The fourth-order valence-corrected chi connectivity index (χ4v) is 3.48. The summed E-state index contributed by atoms with van der Waals surface area (Å²) in [6, 6.07) is 0.311. The van der Waals surface area contributed by atoms with E-state index in [1.807, 2.05) is 0 Å². The Balaban J connectivity index is 2.08. The van der Waals surface area contributed by atoms with Crippen LogP contribution in [-0.2, 0) is 13.0 Å². The third-order valence-corrected chi connectivity index (χ3v) is 4.77. The molecule has 1 aromatic heterocycles. The van der Waals surface area contributed by atoms with Crippen molar-refractivity contribution in [3.63, 3.8) is 0 Å². The molecule has 2 N–H and O–H groups in total. The molecular weight excluding hydrogens is 210 g/mol. The number of nitrogens with zero attached hydrogens (tertiary/aromatic N) is 2. The van der Waals surface area contributed by atoms with Gasteiger partial charge in [0.15, 0.2) is 0 Å². The lowest BCUT2D eigenvalue weighted by molar-refractivity contribution is 0.383. The van der Waals surface area contributed by atoms with Gasteiger partial charge in [-0.3, -0.25) is 0 Å². The van der Waals surface area contributed by atoms with Crippen molar-refractivity contribution in [2.45, 2.75) is 64.5 Å². The second-order valence-electron chi connectivity index (χ2n) is 6.11. The Morgan fingerprint density at radius 3 is 2.82 bits per heavy atom. The van der Waals surface area contributed by atoms with Gasteiger partial charge in [0.05, 0.1) is 5.69 Å². The van der Waals surface area contributed by atoms with Crippen LogP contribution in [0.5, 0.6) is 0 Å². The molecule has 2 heterocycles. The third kappa shape index (κ3) is 1.63. The summed E-state index contributed by atoms with van der Waals surface area (Å²) in [4.78, 5) is 4.95. The van der Waals surface area contributed by atoms with Crippen LogP contribution in [0.1, 0.15) is 62.7 Å². The number of fused-ring (bicyclic) bond motifs is 3. The molecule has 0 fully saturated rings. The van der Waals surface area contributed by atoms with Crippen LogP contribution in [0.3, 0.4) is 0 Å². The molecule has 1 aromatic rings. The van der Waals surface area contributed by atoms with E-state index < -0.39 is 0 Å². The summed E-state index contributed by atoms with van der Waals surface area (Å²) < 4.78 is 2.43. The highest BCUT2D eigenvalue weighted by molar-refractivity contribution is 5.27. The first-order chi connectivity index (χ1) is 8.08. The van der Waals surface area contributed by atoms with Gasteiger partial charge in [0.1, 0.15) is 5.82 Å². The summed E-state index contributed by atoms with van der Waals surface area (Å²) in [5, 5.41) is 0. The van der Waals surface area contributed by atoms with Crippen molar-refractivity contribution in [2.75, 3.05) is 0 Å². The maximum Gasteiger partial charge on any atom is 0.112 e. The van der Waals surface area contributed by atoms with Crippen molar-refractivity contribution in [1.82, 2.24) is 9.55 Å². The van der Waals surface area contributed by atoms with Gasteiger partial charge in [0.2, 0.25) is 0 Å². The molecule has 4 unspecified atom stereocenters. The highest BCUT2D eigenvalue weighted by atomic mass is 15.1. The summed E-state index contributed by atoms with van der Waals surface area (Å²) in [6.45, 7) is 7.91. The first-order valence-corrected chi connectivity index (χ1v) is 6.92. The minimum absolute atomic E-state index is 0.311. The maximum atomic E-state index is 6.15. The molecule has 0 saturated carbocycles. The predicted molar refractivity (Wildman–Crippen MR) is 69.1 cm³/mol. The zero-order chi connectivity index (χ0) is 12.2. The summed E-state index contributed by atoms with van der Waals surface area (Å²) in [6.07, 6.45) is 3.57. The second kappa shape index (κ2) is 3.84. The zero-order valence-corrected chi connectivity index (χ0v) is 11.1. The molecule has 94 valence electrons. The Labute approximate surface area is 103 Å². The van der Waals surface area contributed by atoms with Gasteiger partial charge in [0.25, 0.3) is 0 Å². The lowest BCUT2D eigenvalue weighted by Crippen LogP contribution is -2.34. The van der Waals surface area contributed by atoms with Crippen LogP contribution < -0.4 is 5.73 Å². The normalized spacial score (nSPS) is 36.5. The van der Waals surface area contributed by atoms with Crippen LogP contribution in [0.4, 0.5) is 0 Å². The smallest absolute Gasteiger partial charge is 0.112 e. The molecule has 3 heteroatoms. The fraction of sp³-hybridized carbons (Fsp3) is 0.786. The Morgan fingerprint density at radius 2 is 2.06 bits per heavy atom. The van der Waals surface area contributed by atoms with E-state index >= 15 is 0 Å². The maximum absolute atomic E-state index is 6.15. The topological polar surface area (TPSA) is 43.8 Å². The van der Waals surface area contributed by atoms with Gasteiger partial charge in [-0.2, -0.15) is 0 Å². The minimum Gasteiger partial charge on any atom is -0.330 e. The van der Waals surface area contributed by atoms with Crippen molar-refractivity contribution in [3.05, 3.63) is 17.2 Å². The van der Waals surface area contributed by atoms with Crippen molar-refractivity contribution in [2.24, 2.45) is 11.7 Å². The molecule has 0 amide bonds. The van der Waals surface area contributed by atoms with Gasteiger partial charge in [-0.1, -0.05) is 20.8 Å². The molecule has 17 heavy (non-hydrogen) atoms. The lowest BCUT2D eigenvalue weighted by Gasteiger charge is -2.29. The second-order valence-corrected chi connectivity index (χ2v) is 6.11. The van der Waals surface area contributed by atoms with Gasteiger partial charge < -0.3 is 10.3 Å². The van der Waals surface area contributed by atoms with Gasteiger partial charge in [0, 0.05) is 30.1 Å². The molecule has 0 bridgehead atoms. The number of hydrogen-bond donors (Lipinski definition) is 1. The van der Waals surface area contributed by atoms with E-state index in [-0.39, 0.29) is 0 Å². The van der Waals surface area contributed by atoms with Crippen LogP contribution >= 0.6 is 0 Å². The molecule has 0 aromatic carbocycles. The van der Waals surface area contributed by atoms with E-state index in [0.717, 1.165) is 18.9 Å². The summed E-state index contributed by atoms with van der Waals surface area (Å²) in [5.74, 6) is 3.19. The van der Waals surface area contributed by atoms with E-state index in [4.69, 9.17) is 10.7 Å². The number of nitrogens with two attached hydrogens (primary N) is 1. The molecule has 0 saturated heterocycles. The molecule has 3 nitrogen and oxygen atoms in total. The number of imidazole rings is 1. The monoisotopic (exact) mass is 233 g/mol. The van der Waals surface area contributed by atoms with Crippen molar-refractivity contribution in [3.8, 4) is 0 Å². The van der Waals surface area contributed by atoms with Crippen molar-refractivity contribution >= 4 is 0 Å². The SMILES string of the molecule is CC1CC(N)Cn2c1nc1c2CCC(C)C1C. The largest absolute Gasteiger partial charge is 0.330 e. The van der Waals surface area contributed by atoms with Gasteiger partial charge in [-0.15, -0.1) is 0 Å². The highest BCUT2D eigenvalue weighted by Crippen LogP contribution is 2.38. The van der Waals surface area contributed by atoms with E-state index in [0.29, 0.717) is 17.9 Å². The molecule has 1 aliphatic carbocycles. The molecule has 0 spiro atoms. The van der Waals surface area contributed by atoms with Crippen LogP contribution in [0.2, 0.25) is 0 Å². The number of aromatic nitrogens is 2. The van der Waals surface area contributed by atoms with E-state index in [1.165, 1.54) is 30.1 Å². The lowest BCUT2D eigenvalue weighted by atomic mass is 9.82. The van der Waals surface area contributed by atoms with Crippen LogP contribution in [0.25, 0.3) is 0 Å². The van der Waals surface area contributed by atoms with Crippen LogP contribution in [0.15, 0.2) is 0 Å². The minimum atomic E-state index is 0.311. The van der Waals surface area contributed by atoms with E-state index in [2.05, 4.69) is 25.3 Å². The van der Waals surface area contributed by atoms with Gasteiger partial charge >= 0.3 is 0 Å². The van der Waals surface area contributed by atoms with Crippen LogP contribution in [-0.4, -0.2) is 15.6 Å². The average Bonchev–Trinajstić information content (AvgIpc) is 2.63. The summed E-state index contributed by atoms with van der Waals surface area (Å²) >= 11 is 0. The number of rotatable bonds is 0.